The van der Waals surface area contributed by atoms with E-state index >= 15 is 0 Å². The number of piperazine rings is 1. The second kappa shape index (κ2) is 9.72. The Bertz CT molecular complexity index is 963. The zero-order valence-corrected chi connectivity index (χ0v) is 21.1. The van der Waals surface area contributed by atoms with Crippen LogP contribution in [0.5, 0.6) is 0 Å². The third-order valence-electron chi connectivity index (χ3n) is 8.88. The minimum Gasteiger partial charge on any atom is -0.379 e. The molecule has 0 radical (unpaired) electrons. The molecule has 2 bridgehead atoms. The third-order valence-corrected chi connectivity index (χ3v) is 8.88. The maximum absolute atomic E-state index is 14.0. The van der Waals surface area contributed by atoms with E-state index in [2.05, 4.69) is 29.1 Å². The van der Waals surface area contributed by atoms with E-state index in [9.17, 15) is 18.0 Å². The lowest BCUT2D eigenvalue weighted by atomic mass is 9.74. The molecule has 3 saturated heterocycles. The lowest BCUT2D eigenvalue weighted by Crippen LogP contribution is -2.55. The van der Waals surface area contributed by atoms with E-state index in [0.717, 1.165) is 44.5 Å². The van der Waals surface area contributed by atoms with Crippen LogP contribution in [0, 0.1) is 11.3 Å². The van der Waals surface area contributed by atoms with Crippen molar-refractivity contribution in [1.29, 1.82) is 0 Å². The molecule has 3 aliphatic heterocycles. The Balaban J connectivity index is 1.26. The first kappa shape index (κ1) is 25.7. The summed E-state index contributed by atoms with van der Waals surface area (Å²) in [5.74, 6) is 0.670. The average molecular weight is 512 g/mol. The summed E-state index contributed by atoms with van der Waals surface area (Å²) >= 11 is 0. The zero-order valence-electron chi connectivity index (χ0n) is 21.1. The molecule has 4 aliphatic rings. The number of ether oxygens (including phenoxy) is 2. The molecule has 1 aromatic heterocycles. The summed E-state index contributed by atoms with van der Waals surface area (Å²) in [5, 5.41) is 3.76. The van der Waals surface area contributed by atoms with Gasteiger partial charge in [-0.3, -0.25) is 4.79 Å². The van der Waals surface area contributed by atoms with Gasteiger partial charge in [0.1, 0.15) is 17.8 Å². The van der Waals surface area contributed by atoms with Gasteiger partial charge < -0.3 is 24.6 Å². The minimum absolute atomic E-state index is 0.0113. The number of alkyl halides is 3. The number of rotatable bonds is 6. The highest BCUT2D eigenvalue weighted by atomic mass is 19.4. The van der Waals surface area contributed by atoms with Gasteiger partial charge in [0, 0.05) is 45.0 Å². The molecule has 11 heteroatoms. The second-order valence-corrected chi connectivity index (χ2v) is 11.1. The van der Waals surface area contributed by atoms with Gasteiger partial charge in [-0.25, -0.2) is 9.97 Å². The molecule has 1 amide bonds. The molecule has 36 heavy (non-hydrogen) atoms. The summed E-state index contributed by atoms with van der Waals surface area (Å²) in [6.45, 7) is 6.58. The summed E-state index contributed by atoms with van der Waals surface area (Å²) in [6, 6.07) is 1.44. The van der Waals surface area contributed by atoms with E-state index in [1.807, 2.05) is 9.80 Å². The van der Waals surface area contributed by atoms with Crippen LogP contribution in [-0.2, 0) is 20.4 Å². The number of nitrogens with zero attached hydrogens (tertiary/aromatic N) is 4. The van der Waals surface area contributed by atoms with Crippen molar-refractivity contribution in [3.05, 3.63) is 18.1 Å². The molecule has 1 aromatic rings. The van der Waals surface area contributed by atoms with Crippen LogP contribution in [0.4, 0.5) is 19.0 Å². The number of methoxy groups -OCH3 is 1. The summed E-state index contributed by atoms with van der Waals surface area (Å²) in [7, 11) is 1.71. The number of nitrogens with one attached hydrogen (secondary N) is 1. The maximum atomic E-state index is 14.0. The predicted molar refractivity (Wildman–Crippen MR) is 126 cm³/mol. The number of fused-ring (bicyclic) bond motifs is 2. The predicted octanol–water partition coefficient (Wildman–Crippen LogP) is 2.87. The highest BCUT2D eigenvalue weighted by Gasteiger charge is 2.55. The molecule has 0 spiro atoms. The quantitative estimate of drug-likeness (QED) is 0.629. The lowest BCUT2D eigenvalue weighted by Gasteiger charge is -2.42. The van der Waals surface area contributed by atoms with E-state index in [1.165, 1.54) is 0 Å². The fraction of sp³-hybridized carbons (Fsp3) is 0.800. The molecule has 1 saturated carbocycles. The van der Waals surface area contributed by atoms with Crippen LogP contribution in [0.2, 0.25) is 0 Å². The number of amides is 1. The normalized spacial score (nSPS) is 34.7. The van der Waals surface area contributed by atoms with Gasteiger partial charge in [-0.05, 0) is 38.0 Å². The number of anilines is 1. The number of carbonyl (C=O) groups is 1. The monoisotopic (exact) mass is 511 g/mol. The van der Waals surface area contributed by atoms with Crippen LogP contribution in [0.25, 0.3) is 0 Å². The van der Waals surface area contributed by atoms with Gasteiger partial charge in [0.15, 0.2) is 0 Å². The van der Waals surface area contributed by atoms with Crippen molar-refractivity contribution in [2.45, 2.75) is 82.4 Å². The van der Waals surface area contributed by atoms with E-state index in [0.29, 0.717) is 26.3 Å². The van der Waals surface area contributed by atoms with Crippen molar-refractivity contribution in [1.82, 2.24) is 20.2 Å². The zero-order chi connectivity index (χ0) is 25.7. The molecule has 0 unspecified atom stereocenters. The van der Waals surface area contributed by atoms with Crippen molar-refractivity contribution >= 4 is 11.7 Å². The summed E-state index contributed by atoms with van der Waals surface area (Å²) in [5.41, 5.74) is -1.37. The van der Waals surface area contributed by atoms with Crippen LogP contribution >= 0.6 is 0 Å². The van der Waals surface area contributed by atoms with Gasteiger partial charge in [0.25, 0.3) is 0 Å². The Morgan fingerprint density at radius 2 is 2.06 bits per heavy atom. The Morgan fingerprint density at radius 3 is 2.72 bits per heavy atom. The van der Waals surface area contributed by atoms with Crippen LogP contribution in [-0.4, -0.2) is 84.5 Å². The highest BCUT2D eigenvalue weighted by molar-refractivity contribution is 5.84. The van der Waals surface area contributed by atoms with Crippen LogP contribution in [0.15, 0.2) is 12.4 Å². The highest BCUT2D eigenvalue weighted by Crippen LogP contribution is 2.48. The standard InChI is InChI=1S/C25H36F3N5O3/c1-15(2)24(6-4-16(10-24)31-19-5-7-36-13-20(19)35-3)23(34)33-12-17-8-18(33)11-32(17)22-9-21(25(26,27)28)29-14-30-22/h9,14-20,31H,4-8,10-13H2,1-3H3/t16-,17-,18-,19+,20-,24+/m1/s1. The van der Waals surface area contributed by atoms with Crippen molar-refractivity contribution < 1.29 is 27.4 Å². The minimum atomic E-state index is -4.51. The van der Waals surface area contributed by atoms with Gasteiger partial charge in [-0.2, -0.15) is 13.2 Å². The summed E-state index contributed by atoms with van der Waals surface area (Å²) in [4.78, 5) is 25.4. The first-order valence-corrected chi connectivity index (χ1v) is 13.0. The first-order chi connectivity index (χ1) is 17.1. The fourth-order valence-electron chi connectivity index (χ4n) is 6.76. The Labute approximate surface area is 209 Å². The molecule has 1 N–H and O–H groups in total. The SMILES string of the molecule is CO[C@@H]1COCC[C@@H]1N[C@@H]1CC[C@@](C(=O)N2C[C@H]3C[C@@H]2CN3c2cc(C(F)(F)F)ncn2)(C(C)C)C1. The van der Waals surface area contributed by atoms with Gasteiger partial charge in [-0.15, -0.1) is 0 Å². The molecule has 5 rings (SSSR count). The fourth-order valence-corrected chi connectivity index (χ4v) is 6.76. The molecule has 8 nitrogen and oxygen atoms in total. The average Bonchev–Trinajstić information content (AvgIpc) is 3.58. The molecule has 0 aromatic carbocycles. The van der Waals surface area contributed by atoms with Crippen molar-refractivity contribution in [3.63, 3.8) is 0 Å². The number of hydrogen-bond donors (Lipinski definition) is 1. The van der Waals surface area contributed by atoms with Gasteiger partial charge in [0.2, 0.25) is 5.91 Å². The number of aromatic nitrogens is 2. The Hall–Kier alpha value is -1.98. The lowest BCUT2D eigenvalue weighted by molar-refractivity contribution is -0.146. The number of halogens is 3. The molecule has 4 heterocycles. The molecule has 1 aliphatic carbocycles. The van der Waals surface area contributed by atoms with Crippen LogP contribution in [0.1, 0.15) is 51.6 Å². The number of carbonyl (C=O) groups excluding carboxylic acids is 1. The molecular formula is C25H36F3N5O3. The maximum Gasteiger partial charge on any atom is 0.433 e. The summed E-state index contributed by atoms with van der Waals surface area (Å²) in [6.07, 6.45) is 0.682. The van der Waals surface area contributed by atoms with Crippen LogP contribution < -0.4 is 10.2 Å². The topological polar surface area (TPSA) is 79.8 Å². The second-order valence-electron chi connectivity index (χ2n) is 11.1. The third kappa shape index (κ3) is 4.58. The Morgan fingerprint density at radius 1 is 1.25 bits per heavy atom. The summed E-state index contributed by atoms with van der Waals surface area (Å²) < 4.78 is 50.6. The molecule has 200 valence electrons. The molecule has 4 fully saturated rings. The largest absolute Gasteiger partial charge is 0.433 e. The van der Waals surface area contributed by atoms with E-state index in [4.69, 9.17) is 9.47 Å². The molecular weight excluding hydrogens is 475 g/mol. The van der Waals surface area contributed by atoms with E-state index in [1.54, 1.807) is 7.11 Å². The first-order valence-electron chi connectivity index (χ1n) is 13.0. The Kier molecular flexibility index (Phi) is 6.93. The molecule has 6 atom stereocenters. The van der Waals surface area contributed by atoms with Gasteiger partial charge in [0.05, 0.1) is 30.2 Å². The number of likely N-dealkylation sites (tertiary alicyclic amines) is 1. The van der Waals surface area contributed by atoms with Crippen LogP contribution in [0.3, 0.4) is 0 Å². The van der Waals surface area contributed by atoms with Crippen molar-refractivity contribution in [3.8, 4) is 0 Å². The van der Waals surface area contributed by atoms with Gasteiger partial charge in [-0.1, -0.05) is 13.8 Å². The van der Waals surface area contributed by atoms with E-state index in [-0.39, 0.29) is 47.9 Å². The van der Waals surface area contributed by atoms with E-state index < -0.39 is 17.3 Å². The smallest absolute Gasteiger partial charge is 0.379 e. The number of hydrogen-bond acceptors (Lipinski definition) is 7. The van der Waals surface area contributed by atoms with Crippen molar-refractivity contribution in [2.75, 3.05) is 38.3 Å². The van der Waals surface area contributed by atoms with Gasteiger partial charge >= 0.3 is 6.18 Å². The van der Waals surface area contributed by atoms with Crippen molar-refractivity contribution in [2.24, 2.45) is 11.3 Å².